The number of carboxylic acid groups (broad SMARTS) is 1. The zero-order valence-corrected chi connectivity index (χ0v) is 13.6. The van der Waals surface area contributed by atoms with Crippen LogP contribution >= 0.6 is 0 Å². The molecule has 0 atom stereocenters. The van der Waals surface area contributed by atoms with Crippen LogP contribution in [-0.2, 0) is 16.8 Å². The van der Waals surface area contributed by atoms with Crippen molar-refractivity contribution in [2.45, 2.75) is 32.7 Å². The van der Waals surface area contributed by atoms with Crippen molar-refractivity contribution in [3.8, 4) is 11.4 Å². The number of aromatic nitrogens is 2. The van der Waals surface area contributed by atoms with Crippen LogP contribution in [0.3, 0.4) is 0 Å². The quantitative estimate of drug-likeness (QED) is 0.793. The molecule has 0 fully saturated rings. The average molecular weight is 308 g/mol. The lowest BCUT2D eigenvalue weighted by atomic mass is 9.87. The van der Waals surface area contributed by atoms with E-state index in [-0.39, 0.29) is 12.0 Å². The molecule has 0 unspecified atom stereocenters. The fourth-order valence-electron chi connectivity index (χ4n) is 2.71. The first kappa shape index (κ1) is 15.3. The lowest BCUT2D eigenvalue weighted by Gasteiger charge is -2.19. The van der Waals surface area contributed by atoms with Gasteiger partial charge in [0.1, 0.15) is 12.4 Å². The van der Waals surface area contributed by atoms with Crippen LogP contribution in [0.4, 0.5) is 0 Å². The summed E-state index contributed by atoms with van der Waals surface area (Å²) in [7, 11) is 0. The Balaban J connectivity index is 2.13. The van der Waals surface area contributed by atoms with Gasteiger partial charge in [-0.05, 0) is 23.1 Å². The lowest BCUT2D eigenvalue weighted by molar-refractivity contribution is -0.137. The number of fused-ring (bicyclic) bond motifs is 1. The van der Waals surface area contributed by atoms with Crippen LogP contribution in [0, 0.1) is 0 Å². The maximum absolute atomic E-state index is 11.2. The van der Waals surface area contributed by atoms with Gasteiger partial charge in [-0.25, -0.2) is 4.98 Å². The van der Waals surface area contributed by atoms with Crippen molar-refractivity contribution in [2.24, 2.45) is 0 Å². The molecule has 23 heavy (non-hydrogen) atoms. The van der Waals surface area contributed by atoms with Crippen LogP contribution in [-0.4, -0.2) is 20.6 Å². The van der Waals surface area contributed by atoms with E-state index in [1.807, 2.05) is 36.4 Å². The molecule has 3 rings (SSSR count). The molecule has 0 saturated carbocycles. The highest BCUT2D eigenvalue weighted by atomic mass is 16.4. The highest BCUT2D eigenvalue weighted by Gasteiger charge is 2.17. The Bertz CT molecular complexity index is 855. The Morgan fingerprint density at radius 3 is 2.35 bits per heavy atom. The molecule has 0 spiro atoms. The lowest BCUT2D eigenvalue weighted by Crippen LogP contribution is -2.11. The molecule has 0 aliphatic carbocycles. The summed E-state index contributed by atoms with van der Waals surface area (Å²) in [5.41, 5.74) is 3.89. The van der Waals surface area contributed by atoms with Gasteiger partial charge in [-0.1, -0.05) is 57.2 Å². The van der Waals surface area contributed by atoms with Crippen molar-refractivity contribution in [3.05, 3.63) is 54.1 Å². The van der Waals surface area contributed by atoms with Gasteiger partial charge in [-0.15, -0.1) is 0 Å². The molecule has 1 heterocycles. The maximum atomic E-state index is 11.2. The third-order valence-electron chi connectivity index (χ3n) is 3.96. The van der Waals surface area contributed by atoms with Crippen LogP contribution < -0.4 is 0 Å². The van der Waals surface area contributed by atoms with E-state index in [1.165, 1.54) is 5.56 Å². The van der Waals surface area contributed by atoms with Gasteiger partial charge in [-0.2, -0.15) is 0 Å². The first-order valence-corrected chi connectivity index (χ1v) is 7.64. The zero-order chi connectivity index (χ0) is 16.6. The molecular weight excluding hydrogens is 288 g/mol. The second kappa shape index (κ2) is 5.54. The average Bonchev–Trinajstić information content (AvgIpc) is 2.85. The van der Waals surface area contributed by atoms with Gasteiger partial charge in [0, 0.05) is 5.56 Å². The zero-order valence-electron chi connectivity index (χ0n) is 13.6. The predicted octanol–water partition coefficient (Wildman–Crippen LogP) is 4.09. The van der Waals surface area contributed by atoms with Gasteiger partial charge in [0.05, 0.1) is 11.0 Å². The van der Waals surface area contributed by atoms with E-state index in [9.17, 15) is 9.90 Å². The Labute approximate surface area is 135 Å². The van der Waals surface area contributed by atoms with E-state index < -0.39 is 5.97 Å². The Morgan fingerprint density at radius 2 is 1.74 bits per heavy atom. The fraction of sp³-hybridized carbons (Fsp3) is 0.263. The van der Waals surface area contributed by atoms with E-state index in [0.29, 0.717) is 5.82 Å². The van der Waals surface area contributed by atoms with Gasteiger partial charge in [0.25, 0.3) is 0 Å². The monoisotopic (exact) mass is 308 g/mol. The minimum absolute atomic E-state index is 0.0831. The molecule has 0 amide bonds. The van der Waals surface area contributed by atoms with Crippen LogP contribution in [0.2, 0.25) is 0 Å². The summed E-state index contributed by atoms with van der Waals surface area (Å²) in [5.74, 6) is -0.185. The van der Waals surface area contributed by atoms with Crippen molar-refractivity contribution in [1.82, 2.24) is 9.55 Å². The number of carboxylic acids is 1. The molecular formula is C19H20N2O2. The molecule has 2 aromatic carbocycles. The molecule has 1 aromatic heterocycles. The minimum atomic E-state index is -0.874. The third-order valence-corrected chi connectivity index (χ3v) is 3.96. The number of rotatable bonds is 3. The number of benzene rings is 2. The van der Waals surface area contributed by atoms with Gasteiger partial charge in [-0.3, -0.25) is 4.79 Å². The standard InChI is InChI=1S/C19H20N2O2/c1-19(2,3)14-10-8-13(9-11-14)18-20-15-6-4-5-7-16(15)21(18)12-17(22)23/h4-11H,12H2,1-3H3,(H,22,23). The summed E-state index contributed by atoms with van der Waals surface area (Å²) in [4.78, 5) is 15.9. The SMILES string of the molecule is CC(C)(C)c1ccc(-c2nc3ccccc3n2CC(=O)O)cc1. The Kier molecular flexibility index (Phi) is 3.68. The van der Waals surface area contributed by atoms with Crippen LogP contribution in [0.5, 0.6) is 0 Å². The van der Waals surface area contributed by atoms with Crippen LogP contribution in [0.15, 0.2) is 48.5 Å². The number of para-hydroxylation sites is 2. The summed E-state index contributed by atoms with van der Waals surface area (Å²) >= 11 is 0. The summed E-state index contributed by atoms with van der Waals surface area (Å²) in [6.07, 6.45) is 0. The van der Waals surface area contributed by atoms with E-state index in [1.54, 1.807) is 4.57 Å². The van der Waals surface area contributed by atoms with Gasteiger partial charge in [0.15, 0.2) is 0 Å². The minimum Gasteiger partial charge on any atom is -0.480 e. The first-order chi connectivity index (χ1) is 10.9. The number of hydrogen-bond acceptors (Lipinski definition) is 2. The van der Waals surface area contributed by atoms with E-state index in [2.05, 4.69) is 37.9 Å². The fourth-order valence-corrected chi connectivity index (χ4v) is 2.71. The van der Waals surface area contributed by atoms with Crippen LogP contribution in [0.1, 0.15) is 26.3 Å². The molecule has 3 aromatic rings. The summed E-state index contributed by atoms with van der Waals surface area (Å²) in [6.45, 7) is 6.40. The van der Waals surface area contributed by atoms with Gasteiger partial charge >= 0.3 is 5.97 Å². The normalized spacial score (nSPS) is 11.8. The number of hydrogen-bond donors (Lipinski definition) is 1. The molecule has 0 saturated heterocycles. The first-order valence-electron chi connectivity index (χ1n) is 7.64. The topological polar surface area (TPSA) is 55.1 Å². The summed E-state index contributed by atoms with van der Waals surface area (Å²) < 4.78 is 1.75. The van der Waals surface area contributed by atoms with Crippen molar-refractivity contribution >= 4 is 17.0 Å². The summed E-state index contributed by atoms with van der Waals surface area (Å²) in [6, 6.07) is 15.8. The molecule has 0 aliphatic rings. The maximum Gasteiger partial charge on any atom is 0.323 e. The van der Waals surface area contributed by atoms with Crippen molar-refractivity contribution in [1.29, 1.82) is 0 Å². The number of nitrogens with zero attached hydrogens (tertiary/aromatic N) is 2. The molecule has 0 bridgehead atoms. The molecule has 4 heteroatoms. The van der Waals surface area contributed by atoms with E-state index in [0.717, 1.165) is 16.6 Å². The van der Waals surface area contributed by atoms with Crippen molar-refractivity contribution in [3.63, 3.8) is 0 Å². The van der Waals surface area contributed by atoms with Gasteiger partial charge < -0.3 is 9.67 Å². The molecule has 4 nitrogen and oxygen atoms in total. The highest BCUT2D eigenvalue weighted by molar-refractivity contribution is 5.82. The molecule has 1 N–H and O–H groups in total. The molecule has 0 radical (unpaired) electrons. The predicted molar refractivity (Wildman–Crippen MR) is 91.5 cm³/mol. The van der Waals surface area contributed by atoms with Crippen molar-refractivity contribution in [2.75, 3.05) is 0 Å². The second-order valence-corrected chi connectivity index (χ2v) is 6.73. The number of aliphatic carboxylic acids is 1. The van der Waals surface area contributed by atoms with E-state index >= 15 is 0 Å². The highest BCUT2D eigenvalue weighted by Crippen LogP contribution is 2.28. The Hall–Kier alpha value is -2.62. The smallest absolute Gasteiger partial charge is 0.323 e. The third kappa shape index (κ3) is 2.97. The molecule has 0 aliphatic heterocycles. The van der Waals surface area contributed by atoms with Crippen LogP contribution in [0.25, 0.3) is 22.4 Å². The summed E-state index contributed by atoms with van der Waals surface area (Å²) in [5, 5.41) is 9.22. The van der Waals surface area contributed by atoms with E-state index in [4.69, 9.17) is 0 Å². The largest absolute Gasteiger partial charge is 0.480 e. The number of imidazole rings is 1. The Morgan fingerprint density at radius 1 is 1.09 bits per heavy atom. The van der Waals surface area contributed by atoms with Crippen molar-refractivity contribution < 1.29 is 9.90 Å². The second-order valence-electron chi connectivity index (χ2n) is 6.73. The molecule has 118 valence electrons. The van der Waals surface area contributed by atoms with Gasteiger partial charge in [0.2, 0.25) is 0 Å². The number of carbonyl (C=O) groups is 1.